The van der Waals surface area contributed by atoms with Gasteiger partial charge in [-0.05, 0) is 50.4 Å². The summed E-state index contributed by atoms with van der Waals surface area (Å²) in [6.07, 6.45) is 2.23. The molecule has 2 unspecified atom stereocenters. The maximum absolute atomic E-state index is 11.8. The summed E-state index contributed by atoms with van der Waals surface area (Å²) < 4.78 is 0. The summed E-state index contributed by atoms with van der Waals surface area (Å²) in [4.78, 5) is 22.0. The number of carboxylic acid groups (broad SMARTS) is 1. The highest BCUT2D eigenvalue weighted by Crippen LogP contribution is 2.03. The minimum absolute atomic E-state index is 0.0869. The Hall–Kier alpha value is -2.70. The lowest BCUT2D eigenvalue weighted by Crippen LogP contribution is -2.45. The molecule has 6 N–H and O–H groups in total. The SMILES string of the molecule is CC(Cc1ccccc1)NC(=O)C(N)CCCN.O=C(O)c1ccccc1. The van der Waals surface area contributed by atoms with Crippen molar-refractivity contribution >= 4 is 11.9 Å². The van der Waals surface area contributed by atoms with Crippen molar-refractivity contribution < 1.29 is 14.7 Å². The van der Waals surface area contributed by atoms with Gasteiger partial charge in [0, 0.05) is 6.04 Å². The van der Waals surface area contributed by atoms with Crippen molar-refractivity contribution in [3.63, 3.8) is 0 Å². The van der Waals surface area contributed by atoms with E-state index in [0.717, 1.165) is 12.8 Å². The van der Waals surface area contributed by atoms with Crippen molar-refractivity contribution in [1.82, 2.24) is 5.32 Å². The molecule has 6 heteroatoms. The van der Waals surface area contributed by atoms with Gasteiger partial charge in [0.1, 0.15) is 0 Å². The summed E-state index contributed by atoms with van der Waals surface area (Å²) in [6.45, 7) is 2.56. The van der Waals surface area contributed by atoms with E-state index in [4.69, 9.17) is 16.6 Å². The van der Waals surface area contributed by atoms with E-state index < -0.39 is 12.0 Å². The maximum atomic E-state index is 11.8. The summed E-state index contributed by atoms with van der Waals surface area (Å²) in [5, 5.41) is 11.3. The summed E-state index contributed by atoms with van der Waals surface area (Å²) in [6, 6.07) is 18.0. The van der Waals surface area contributed by atoms with Gasteiger partial charge in [0.2, 0.25) is 5.91 Å². The zero-order chi connectivity index (χ0) is 20.1. The molecule has 6 nitrogen and oxygen atoms in total. The Bertz CT molecular complexity index is 678. The summed E-state index contributed by atoms with van der Waals surface area (Å²) in [5.41, 5.74) is 12.7. The Balaban J connectivity index is 0.000000337. The molecule has 0 heterocycles. The van der Waals surface area contributed by atoms with Crippen molar-refractivity contribution in [2.45, 2.75) is 38.3 Å². The molecule has 0 fully saturated rings. The van der Waals surface area contributed by atoms with E-state index in [1.54, 1.807) is 30.3 Å². The number of hydrogen-bond acceptors (Lipinski definition) is 4. The zero-order valence-corrected chi connectivity index (χ0v) is 15.7. The molecule has 146 valence electrons. The first-order valence-corrected chi connectivity index (χ1v) is 9.02. The number of hydrogen-bond donors (Lipinski definition) is 4. The van der Waals surface area contributed by atoms with Crippen LogP contribution in [0.1, 0.15) is 35.7 Å². The number of carbonyl (C=O) groups is 2. The Morgan fingerprint density at radius 3 is 2.07 bits per heavy atom. The molecule has 0 saturated carbocycles. The summed E-state index contributed by atoms with van der Waals surface area (Å²) >= 11 is 0. The fraction of sp³-hybridized carbons (Fsp3) is 0.333. The molecule has 2 aromatic rings. The van der Waals surface area contributed by atoms with Crippen molar-refractivity contribution in [2.24, 2.45) is 11.5 Å². The molecule has 0 saturated heterocycles. The lowest BCUT2D eigenvalue weighted by Gasteiger charge is -2.17. The summed E-state index contributed by atoms with van der Waals surface area (Å²) in [7, 11) is 0. The molecule has 1 amide bonds. The van der Waals surface area contributed by atoms with Crippen molar-refractivity contribution in [1.29, 1.82) is 0 Å². The highest BCUT2D eigenvalue weighted by atomic mass is 16.4. The van der Waals surface area contributed by atoms with Crippen molar-refractivity contribution in [2.75, 3.05) is 6.54 Å². The van der Waals surface area contributed by atoms with E-state index in [9.17, 15) is 9.59 Å². The van der Waals surface area contributed by atoms with Crippen LogP contribution in [0.4, 0.5) is 0 Å². The third kappa shape index (κ3) is 9.53. The molecule has 0 radical (unpaired) electrons. The highest BCUT2D eigenvalue weighted by Gasteiger charge is 2.15. The molecular formula is C21H29N3O3. The molecule has 0 aliphatic heterocycles. The van der Waals surface area contributed by atoms with E-state index in [-0.39, 0.29) is 11.9 Å². The highest BCUT2D eigenvalue weighted by molar-refractivity contribution is 5.87. The molecule has 0 bridgehead atoms. The molecule has 0 aliphatic rings. The smallest absolute Gasteiger partial charge is 0.335 e. The van der Waals surface area contributed by atoms with Crippen molar-refractivity contribution in [3.05, 3.63) is 71.8 Å². The van der Waals surface area contributed by atoms with Gasteiger partial charge in [0.15, 0.2) is 0 Å². The number of nitrogens with two attached hydrogens (primary N) is 2. The molecule has 2 atom stereocenters. The van der Waals surface area contributed by atoms with Crippen LogP contribution in [0.3, 0.4) is 0 Å². The summed E-state index contributed by atoms with van der Waals surface area (Å²) in [5.74, 6) is -0.970. The van der Waals surface area contributed by atoms with E-state index in [1.165, 1.54) is 5.56 Å². The standard InChI is InChI=1S/C14H23N3O.C7H6O2/c1-11(10-12-6-3-2-4-7-12)17-14(18)13(16)8-5-9-15;8-7(9)6-4-2-1-3-5-6/h2-4,6-7,11,13H,5,8-10,15-16H2,1H3,(H,17,18);1-5H,(H,8,9). The quantitative estimate of drug-likeness (QED) is 0.567. The van der Waals surface area contributed by atoms with Crippen LogP contribution in [0.15, 0.2) is 60.7 Å². The number of aromatic carboxylic acids is 1. The monoisotopic (exact) mass is 371 g/mol. The predicted molar refractivity (Wildman–Crippen MR) is 107 cm³/mol. The van der Waals surface area contributed by atoms with Gasteiger partial charge >= 0.3 is 5.97 Å². The van der Waals surface area contributed by atoms with Crippen LogP contribution in [0.5, 0.6) is 0 Å². The topological polar surface area (TPSA) is 118 Å². The van der Waals surface area contributed by atoms with Gasteiger partial charge in [0.25, 0.3) is 0 Å². The van der Waals surface area contributed by atoms with Gasteiger partial charge in [-0.2, -0.15) is 0 Å². The molecule has 0 aliphatic carbocycles. The minimum Gasteiger partial charge on any atom is -0.478 e. The minimum atomic E-state index is -0.879. The second-order valence-electron chi connectivity index (χ2n) is 6.31. The van der Waals surface area contributed by atoms with Gasteiger partial charge in [-0.1, -0.05) is 48.5 Å². The average Bonchev–Trinajstić information content (AvgIpc) is 2.67. The molecule has 2 aromatic carbocycles. The van der Waals surface area contributed by atoms with Crippen LogP contribution < -0.4 is 16.8 Å². The first kappa shape index (κ1) is 22.3. The number of nitrogens with one attached hydrogen (secondary N) is 1. The Morgan fingerprint density at radius 1 is 1.04 bits per heavy atom. The van der Waals surface area contributed by atoms with Gasteiger partial charge in [0.05, 0.1) is 11.6 Å². The fourth-order valence-electron chi connectivity index (χ4n) is 2.42. The second-order valence-corrected chi connectivity index (χ2v) is 6.31. The molecule has 27 heavy (non-hydrogen) atoms. The van der Waals surface area contributed by atoms with E-state index >= 15 is 0 Å². The van der Waals surface area contributed by atoms with Crippen LogP contribution in [-0.4, -0.2) is 35.6 Å². The van der Waals surface area contributed by atoms with Gasteiger partial charge in [-0.25, -0.2) is 4.79 Å². The maximum Gasteiger partial charge on any atom is 0.335 e. The zero-order valence-electron chi connectivity index (χ0n) is 15.7. The molecule has 2 rings (SSSR count). The van der Waals surface area contributed by atoms with E-state index in [2.05, 4.69) is 17.4 Å². The van der Waals surface area contributed by atoms with E-state index in [1.807, 2.05) is 25.1 Å². The normalized spacial score (nSPS) is 12.3. The second kappa shape index (κ2) is 12.6. The Kier molecular flexibility index (Phi) is 10.4. The van der Waals surface area contributed by atoms with Crippen LogP contribution >= 0.6 is 0 Å². The number of rotatable bonds is 8. The van der Waals surface area contributed by atoms with Gasteiger partial charge in [-0.15, -0.1) is 0 Å². The van der Waals surface area contributed by atoms with Crippen LogP contribution in [0, 0.1) is 0 Å². The number of carboxylic acids is 1. The molecule has 0 spiro atoms. The van der Waals surface area contributed by atoms with Gasteiger partial charge < -0.3 is 21.9 Å². The van der Waals surface area contributed by atoms with E-state index in [0.29, 0.717) is 18.5 Å². The number of amides is 1. The third-order valence-corrected chi connectivity index (χ3v) is 3.85. The van der Waals surface area contributed by atoms with Gasteiger partial charge in [-0.3, -0.25) is 4.79 Å². The van der Waals surface area contributed by atoms with Crippen LogP contribution in [0.2, 0.25) is 0 Å². The Labute approximate surface area is 160 Å². The fourth-order valence-corrected chi connectivity index (χ4v) is 2.42. The molecular weight excluding hydrogens is 342 g/mol. The third-order valence-electron chi connectivity index (χ3n) is 3.85. The average molecular weight is 371 g/mol. The first-order valence-electron chi connectivity index (χ1n) is 9.02. The van der Waals surface area contributed by atoms with Crippen molar-refractivity contribution in [3.8, 4) is 0 Å². The van der Waals surface area contributed by atoms with Crippen LogP contribution in [-0.2, 0) is 11.2 Å². The first-order chi connectivity index (χ1) is 12.9. The number of carbonyl (C=O) groups excluding carboxylic acids is 1. The number of benzene rings is 2. The lowest BCUT2D eigenvalue weighted by molar-refractivity contribution is -0.123. The Morgan fingerprint density at radius 2 is 1.59 bits per heavy atom. The predicted octanol–water partition coefficient (Wildman–Crippen LogP) is 2.18. The molecule has 0 aromatic heterocycles. The van der Waals surface area contributed by atoms with Crippen LogP contribution in [0.25, 0.3) is 0 Å². The lowest BCUT2D eigenvalue weighted by atomic mass is 10.1. The largest absolute Gasteiger partial charge is 0.478 e.